The standard InChI is InChI=1S/C14H20ClFN2O3S.ClH/c1-21-10-14(5-7-17-8-6-14)9-18-22(19,20)12-4-2-3-11(15)13(12)16;/h2-4,17-18H,5-10H2,1H3;1H. The molecule has 0 aromatic heterocycles. The van der Waals surface area contributed by atoms with Crippen LogP contribution in [0.2, 0.25) is 5.02 Å². The number of methoxy groups -OCH3 is 1. The minimum atomic E-state index is -3.95. The first-order chi connectivity index (χ1) is 10.4. The van der Waals surface area contributed by atoms with Gasteiger partial charge in [0.05, 0.1) is 11.6 Å². The van der Waals surface area contributed by atoms with Crippen molar-refractivity contribution in [3.63, 3.8) is 0 Å². The van der Waals surface area contributed by atoms with Gasteiger partial charge in [-0.2, -0.15) is 0 Å². The molecule has 0 amide bonds. The minimum Gasteiger partial charge on any atom is -0.384 e. The topological polar surface area (TPSA) is 67.4 Å². The van der Waals surface area contributed by atoms with E-state index in [-0.39, 0.29) is 29.4 Å². The van der Waals surface area contributed by atoms with Crippen LogP contribution in [0.3, 0.4) is 0 Å². The third-order valence-corrected chi connectivity index (χ3v) is 5.67. The van der Waals surface area contributed by atoms with Crippen molar-refractivity contribution in [3.8, 4) is 0 Å². The Morgan fingerprint density at radius 1 is 1.39 bits per heavy atom. The lowest BCUT2D eigenvalue weighted by molar-refractivity contribution is 0.0577. The van der Waals surface area contributed by atoms with E-state index in [0.717, 1.165) is 25.9 Å². The number of hydrogen-bond donors (Lipinski definition) is 2. The highest BCUT2D eigenvalue weighted by atomic mass is 35.5. The lowest BCUT2D eigenvalue weighted by Crippen LogP contribution is -2.47. The Labute approximate surface area is 147 Å². The van der Waals surface area contributed by atoms with Crippen LogP contribution in [0.15, 0.2) is 23.1 Å². The molecule has 1 aliphatic rings. The average Bonchev–Trinajstić information content (AvgIpc) is 2.49. The Bertz CT molecular complexity index is 617. The van der Waals surface area contributed by atoms with Crippen molar-refractivity contribution in [2.45, 2.75) is 17.7 Å². The molecule has 1 fully saturated rings. The molecule has 0 saturated carbocycles. The highest BCUT2D eigenvalue weighted by molar-refractivity contribution is 7.89. The second-order valence-electron chi connectivity index (χ2n) is 5.56. The Balaban J connectivity index is 0.00000264. The Morgan fingerprint density at radius 3 is 2.65 bits per heavy atom. The van der Waals surface area contributed by atoms with Crippen molar-refractivity contribution in [3.05, 3.63) is 29.0 Å². The summed E-state index contributed by atoms with van der Waals surface area (Å²) < 4.78 is 46.3. The highest BCUT2D eigenvalue weighted by Crippen LogP contribution is 2.29. The molecule has 2 rings (SSSR count). The third kappa shape index (κ3) is 5.01. The van der Waals surface area contributed by atoms with Crippen molar-refractivity contribution in [2.24, 2.45) is 5.41 Å². The molecule has 9 heteroatoms. The van der Waals surface area contributed by atoms with Crippen LogP contribution in [0, 0.1) is 11.2 Å². The molecule has 0 atom stereocenters. The number of ether oxygens (including phenoxy) is 1. The quantitative estimate of drug-likeness (QED) is 0.786. The van der Waals surface area contributed by atoms with E-state index in [1.165, 1.54) is 18.2 Å². The molecule has 2 N–H and O–H groups in total. The molecular weight excluding hydrogens is 366 g/mol. The van der Waals surface area contributed by atoms with E-state index in [1.807, 2.05) is 0 Å². The predicted octanol–water partition coefficient (Wildman–Crippen LogP) is 2.20. The molecule has 0 bridgehead atoms. The molecule has 1 heterocycles. The zero-order valence-corrected chi connectivity index (χ0v) is 15.2. The minimum absolute atomic E-state index is 0. The van der Waals surface area contributed by atoms with Gasteiger partial charge in [0.25, 0.3) is 0 Å². The molecule has 132 valence electrons. The highest BCUT2D eigenvalue weighted by Gasteiger charge is 2.34. The normalized spacial score (nSPS) is 17.5. The molecule has 0 unspecified atom stereocenters. The molecule has 1 aliphatic heterocycles. The van der Waals surface area contributed by atoms with Crippen LogP contribution in [0.1, 0.15) is 12.8 Å². The van der Waals surface area contributed by atoms with E-state index >= 15 is 0 Å². The van der Waals surface area contributed by atoms with Crippen molar-refractivity contribution in [1.82, 2.24) is 10.0 Å². The van der Waals surface area contributed by atoms with E-state index in [0.29, 0.717) is 6.61 Å². The summed E-state index contributed by atoms with van der Waals surface area (Å²) in [5.74, 6) is -0.928. The summed E-state index contributed by atoms with van der Waals surface area (Å²) >= 11 is 5.65. The molecule has 5 nitrogen and oxygen atoms in total. The number of rotatable bonds is 6. The molecule has 23 heavy (non-hydrogen) atoms. The molecule has 0 spiro atoms. The average molecular weight is 387 g/mol. The lowest BCUT2D eigenvalue weighted by Gasteiger charge is -2.37. The molecule has 0 aliphatic carbocycles. The first-order valence-electron chi connectivity index (χ1n) is 7.04. The second kappa shape index (κ2) is 8.60. The number of benzene rings is 1. The first-order valence-corrected chi connectivity index (χ1v) is 8.90. The molecule has 1 aromatic carbocycles. The zero-order valence-electron chi connectivity index (χ0n) is 12.8. The number of nitrogens with one attached hydrogen (secondary N) is 2. The van der Waals surface area contributed by atoms with Gasteiger partial charge in [-0.15, -0.1) is 12.4 Å². The van der Waals surface area contributed by atoms with Crippen LogP contribution in [0.25, 0.3) is 0 Å². The van der Waals surface area contributed by atoms with Gasteiger partial charge in [0.1, 0.15) is 4.90 Å². The molecule has 1 saturated heterocycles. The molecular formula is C14H21Cl2FN2O3S. The van der Waals surface area contributed by atoms with E-state index in [1.54, 1.807) is 7.11 Å². The summed E-state index contributed by atoms with van der Waals surface area (Å²) in [5.41, 5.74) is -0.276. The van der Waals surface area contributed by atoms with Gasteiger partial charge < -0.3 is 10.1 Å². The van der Waals surface area contributed by atoms with E-state index < -0.39 is 20.7 Å². The molecule has 1 aromatic rings. The van der Waals surface area contributed by atoms with Crippen molar-refractivity contribution < 1.29 is 17.5 Å². The predicted molar refractivity (Wildman–Crippen MR) is 90.3 cm³/mol. The zero-order chi connectivity index (χ0) is 16.2. The first kappa shape index (κ1) is 20.6. The van der Waals surface area contributed by atoms with E-state index in [2.05, 4.69) is 10.0 Å². The summed E-state index contributed by atoms with van der Waals surface area (Å²) in [4.78, 5) is -0.429. The summed E-state index contributed by atoms with van der Waals surface area (Å²) in [6.45, 7) is 2.26. The summed E-state index contributed by atoms with van der Waals surface area (Å²) in [6, 6.07) is 3.93. The number of hydrogen-bond acceptors (Lipinski definition) is 4. The second-order valence-corrected chi connectivity index (χ2v) is 7.70. The largest absolute Gasteiger partial charge is 0.384 e. The Morgan fingerprint density at radius 2 is 2.04 bits per heavy atom. The summed E-state index contributed by atoms with van der Waals surface area (Å²) in [5, 5.41) is 3.02. The van der Waals surface area contributed by atoms with E-state index in [9.17, 15) is 12.8 Å². The molecule has 0 radical (unpaired) electrons. The van der Waals surface area contributed by atoms with Gasteiger partial charge in [-0.05, 0) is 38.1 Å². The lowest BCUT2D eigenvalue weighted by atomic mass is 9.80. The fourth-order valence-corrected chi connectivity index (χ4v) is 4.14. The Kier molecular flexibility index (Phi) is 7.70. The van der Waals surface area contributed by atoms with Crippen molar-refractivity contribution >= 4 is 34.0 Å². The van der Waals surface area contributed by atoms with E-state index in [4.69, 9.17) is 16.3 Å². The van der Waals surface area contributed by atoms with Crippen LogP contribution in [-0.2, 0) is 14.8 Å². The van der Waals surface area contributed by atoms with Crippen LogP contribution < -0.4 is 10.0 Å². The van der Waals surface area contributed by atoms with Crippen LogP contribution in [-0.4, -0.2) is 41.8 Å². The smallest absolute Gasteiger partial charge is 0.243 e. The van der Waals surface area contributed by atoms with Gasteiger partial charge in [0.2, 0.25) is 10.0 Å². The number of sulfonamides is 1. The number of halogens is 3. The van der Waals surface area contributed by atoms with Crippen molar-refractivity contribution in [2.75, 3.05) is 33.4 Å². The van der Waals surface area contributed by atoms with Crippen LogP contribution in [0.5, 0.6) is 0 Å². The fraction of sp³-hybridized carbons (Fsp3) is 0.571. The summed E-state index contributed by atoms with van der Waals surface area (Å²) in [7, 11) is -2.36. The van der Waals surface area contributed by atoms with Crippen LogP contribution in [0.4, 0.5) is 4.39 Å². The number of piperidine rings is 1. The van der Waals surface area contributed by atoms with Gasteiger partial charge in [-0.3, -0.25) is 0 Å². The maximum atomic E-state index is 13.9. The fourth-order valence-electron chi connectivity index (χ4n) is 2.65. The maximum Gasteiger partial charge on any atom is 0.243 e. The maximum absolute atomic E-state index is 13.9. The van der Waals surface area contributed by atoms with Gasteiger partial charge >= 0.3 is 0 Å². The van der Waals surface area contributed by atoms with Crippen molar-refractivity contribution in [1.29, 1.82) is 0 Å². The van der Waals surface area contributed by atoms with Gasteiger partial charge in [-0.25, -0.2) is 17.5 Å². The monoisotopic (exact) mass is 386 g/mol. The summed E-state index contributed by atoms with van der Waals surface area (Å²) in [6.07, 6.45) is 1.59. The van der Waals surface area contributed by atoms with Gasteiger partial charge in [0.15, 0.2) is 5.82 Å². The van der Waals surface area contributed by atoms with Gasteiger partial charge in [-0.1, -0.05) is 17.7 Å². The third-order valence-electron chi connectivity index (χ3n) is 3.96. The van der Waals surface area contributed by atoms with Crippen LogP contribution >= 0.6 is 24.0 Å². The van der Waals surface area contributed by atoms with Gasteiger partial charge in [0, 0.05) is 19.1 Å². The SMILES string of the molecule is COCC1(CNS(=O)(=O)c2cccc(Cl)c2F)CCNCC1.Cl. The Hall–Kier alpha value is -0.440.